The van der Waals surface area contributed by atoms with Gasteiger partial charge in [0.1, 0.15) is 0 Å². The molecule has 3 aromatic rings. The van der Waals surface area contributed by atoms with Crippen molar-refractivity contribution in [2.75, 3.05) is 0 Å². The fraction of sp³-hybridized carbons (Fsp3) is 0.0769. The highest BCUT2D eigenvalue weighted by Gasteiger charge is 2.07. The van der Waals surface area contributed by atoms with E-state index in [0.29, 0.717) is 17.2 Å². The maximum atomic E-state index is 9.06. The van der Waals surface area contributed by atoms with Crippen molar-refractivity contribution in [3.05, 3.63) is 54.4 Å². The average Bonchev–Trinajstić information content (AvgIpc) is 2.98. The molecule has 0 aliphatic rings. The van der Waals surface area contributed by atoms with Gasteiger partial charge in [0.05, 0.1) is 18.0 Å². The van der Waals surface area contributed by atoms with Crippen LogP contribution in [0.5, 0.6) is 0 Å². The van der Waals surface area contributed by atoms with E-state index in [2.05, 4.69) is 20.4 Å². The van der Waals surface area contributed by atoms with Gasteiger partial charge in [-0.25, -0.2) is 0 Å². The molecule has 2 heterocycles. The Balaban J connectivity index is 1.97. The number of rotatable bonds is 3. The van der Waals surface area contributed by atoms with Gasteiger partial charge in [0.15, 0.2) is 0 Å². The van der Waals surface area contributed by atoms with Gasteiger partial charge in [-0.05, 0) is 17.3 Å². The number of aliphatic hydroxyl groups excluding tert-OH is 1. The van der Waals surface area contributed by atoms with E-state index in [1.165, 1.54) is 4.80 Å². The van der Waals surface area contributed by atoms with Crippen LogP contribution in [0.3, 0.4) is 0 Å². The molecule has 0 aliphatic heterocycles. The number of hydrogen-bond donors (Lipinski definition) is 1. The molecule has 0 atom stereocenters. The zero-order valence-corrected chi connectivity index (χ0v) is 10.0. The monoisotopic (exact) mass is 253 g/mol. The van der Waals surface area contributed by atoms with Crippen molar-refractivity contribution in [1.29, 1.82) is 0 Å². The fourth-order valence-corrected chi connectivity index (χ4v) is 1.70. The Morgan fingerprint density at radius 1 is 1.11 bits per heavy atom. The summed E-state index contributed by atoms with van der Waals surface area (Å²) in [7, 11) is 0. The first-order valence-electron chi connectivity index (χ1n) is 5.78. The first-order valence-corrected chi connectivity index (χ1v) is 5.78. The van der Waals surface area contributed by atoms with E-state index >= 15 is 0 Å². The largest absolute Gasteiger partial charge is 0.390 e. The van der Waals surface area contributed by atoms with Crippen molar-refractivity contribution >= 4 is 0 Å². The molecule has 6 nitrogen and oxygen atoms in total. The molecule has 0 unspecified atom stereocenters. The summed E-state index contributed by atoms with van der Waals surface area (Å²) < 4.78 is 0. The number of pyridine rings is 1. The van der Waals surface area contributed by atoms with E-state index in [-0.39, 0.29) is 6.61 Å². The van der Waals surface area contributed by atoms with Crippen LogP contribution in [0.1, 0.15) is 5.69 Å². The predicted molar refractivity (Wildman–Crippen MR) is 68.3 cm³/mol. The topological polar surface area (TPSA) is 76.7 Å². The second kappa shape index (κ2) is 4.95. The van der Waals surface area contributed by atoms with Crippen LogP contribution in [-0.4, -0.2) is 30.3 Å². The third-order valence-electron chi connectivity index (χ3n) is 2.64. The second-order valence-corrected chi connectivity index (χ2v) is 3.93. The summed E-state index contributed by atoms with van der Waals surface area (Å²) in [4.78, 5) is 5.43. The molecule has 1 aromatic carbocycles. The lowest BCUT2D eigenvalue weighted by atomic mass is 10.2. The van der Waals surface area contributed by atoms with Crippen LogP contribution in [0.25, 0.3) is 17.1 Å². The summed E-state index contributed by atoms with van der Waals surface area (Å²) in [5.74, 6) is 0.558. The van der Waals surface area contributed by atoms with Gasteiger partial charge >= 0.3 is 0 Å². The van der Waals surface area contributed by atoms with Gasteiger partial charge in [0, 0.05) is 11.8 Å². The molecular weight excluding hydrogens is 242 g/mol. The lowest BCUT2D eigenvalue weighted by molar-refractivity contribution is 0.277. The fourth-order valence-electron chi connectivity index (χ4n) is 1.70. The molecule has 1 N–H and O–H groups in total. The quantitative estimate of drug-likeness (QED) is 0.759. The minimum absolute atomic E-state index is 0.117. The summed E-state index contributed by atoms with van der Waals surface area (Å²) in [6.45, 7) is -0.117. The SMILES string of the molecule is OCc1cc(-n2nnc(-c3ccccc3)n2)ccn1. The van der Waals surface area contributed by atoms with Gasteiger partial charge in [-0.15, -0.1) is 15.0 Å². The first kappa shape index (κ1) is 11.5. The molecule has 0 radical (unpaired) electrons. The summed E-state index contributed by atoms with van der Waals surface area (Å²) in [6.07, 6.45) is 1.60. The van der Waals surface area contributed by atoms with Crippen molar-refractivity contribution in [2.24, 2.45) is 0 Å². The Morgan fingerprint density at radius 3 is 2.74 bits per heavy atom. The first-order chi connectivity index (χ1) is 9.36. The summed E-state index contributed by atoms with van der Waals surface area (Å²) in [5, 5.41) is 21.4. The van der Waals surface area contributed by atoms with E-state index in [1.807, 2.05) is 30.3 Å². The van der Waals surface area contributed by atoms with Crippen molar-refractivity contribution in [2.45, 2.75) is 6.61 Å². The van der Waals surface area contributed by atoms with Crippen LogP contribution in [0, 0.1) is 0 Å². The normalized spacial score (nSPS) is 10.6. The second-order valence-electron chi connectivity index (χ2n) is 3.93. The molecular formula is C13H11N5O. The van der Waals surface area contributed by atoms with Crippen LogP contribution >= 0.6 is 0 Å². The van der Waals surface area contributed by atoms with Crippen LogP contribution in [0.15, 0.2) is 48.7 Å². The summed E-state index contributed by atoms with van der Waals surface area (Å²) in [5.41, 5.74) is 2.19. The zero-order valence-electron chi connectivity index (χ0n) is 10.0. The molecule has 0 saturated carbocycles. The van der Waals surface area contributed by atoms with Crippen LogP contribution in [0.4, 0.5) is 0 Å². The highest BCUT2D eigenvalue weighted by Crippen LogP contribution is 2.13. The van der Waals surface area contributed by atoms with Gasteiger partial charge in [-0.1, -0.05) is 30.3 Å². The van der Waals surface area contributed by atoms with Crippen molar-refractivity contribution in [1.82, 2.24) is 25.2 Å². The molecule has 94 valence electrons. The number of aliphatic hydroxyl groups is 1. The van der Waals surface area contributed by atoms with Crippen molar-refractivity contribution in [3.8, 4) is 17.1 Å². The maximum Gasteiger partial charge on any atom is 0.205 e. The minimum atomic E-state index is -0.117. The molecule has 3 rings (SSSR count). The van der Waals surface area contributed by atoms with Gasteiger partial charge in [-0.2, -0.15) is 0 Å². The third-order valence-corrected chi connectivity index (χ3v) is 2.64. The molecule has 19 heavy (non-hydrogen) atoms. The number of nitrogens with zero attached hydrogens (tertiary/aromatic N) is 5. The van der Waals surface area contributed by atoms with E-state index in [4.69, 9.17) is 5.11 Å². The van der Waals surface area contributed by atoms with Gasteiger partial charge in [0.2, 0.25) is 5.82 Å². The number of benzene rings is 1. The summed E-state index contributed by atoms with van der Waals surface area (Å²) in [6, 6.07) is 13.1. The number of hydrogen-bond acceptors (Lipinski definition) is 5. The van der Waals surface area contributed by atoms with Crippen LogP contribution < -0.4 is 0 Å². The van der Waals surface area contributed by atoms with Gasteiger partial charge < -0.3 is 5.11 Å². The van der Waals surface area contributed by atoms with E-state index in [9.17, 15) is 0 Å². The zero-order chi connectivity index (χ0) is 13.1. The van der Waals surface area contributed by atoms with Gasteiger partial charge in [0.25, 0.3) is 0 Å². The molecule has 0 spiro atoms. The number of tetrazole rings is 1. The molecule has 6 heteroatoms. The summed E-state index contributed by atoms with van der Waals surface area (Å²) >= 11 is 0. The lowest BCUT2D eigenvalue weighted by Gasteiger charge is -1.99. The van der Waals surface area contributed by atoms with E-state index in [0.717, 1.165) is 5.56 Å². The Hall–Kier alpha value is -2.60. The van der Waals surface area contributed by atoms with Crippen LogP contribution in [0.2, 0.25) is 0 Å². The molecule has 0 bridgehead atoms. The molecule has 0 amide bonds. The third kappa shape index (κ3) is 2.34. The average molecular weight is 253 g/mol. The Kier molecular flexibility index (Phi) is 2.99. The van der Waals surface area contributed by atoms with E-state index in [1.54, 1.807) is 18.3 Å². The Bertz CT molecular complexity index is 680. The van der Waals surface area contributed by atoms with Gasteiger partial charge in [-0.3, -0.25) is 4.98 Å². The number of aromatic nitrogens is 5. The standard InChI is InChI=1S/C13H11N5O/c19-9-11-8-12(6-7-14-11)18-16-13(15-17-18)10-4-2-1-3-5-10/h1-8,19H,9H2. The molecule has 0 aliphatic carbocycles. The molecule has 2 aromatic heterocycles. The van der Waals surface area contributed by atoms with Crippen molar-refractivity contribution in [3.63, 3.8) is 0 Å². The predicted octanol–water partition coefficient (Wildman–Crippen LogP) is 1.22. The smallest absolute Gasteiger partial charge is 0.205 e. The molecule has 0 fully saturated rings. The minimum Gasteiger partial charge on any atom is -0.390 e. The Morgan fingerprint density at radius 2 is 1.95 bits per heavy atom. The van der Waals surface area contributed by atoms with Crippen LogP contribution in [-0.2, 0) is 6.61 Å². The van der Waals surface area contributed by atoms with E-state index < -0.39 is 0 Å². The van der Waals surface area contributed by atoms with Crippen molar-refractivity contribution < 1.29 is 5.11 Å². The highest BCUT2D eigenvalue weighted by atomic mass is 16.3. The lowest BCUT2D eigenvalue weighted by Crippen LogP contribution is -2.01. The highest BCUT2D eigenvalue weighted by molar-refractivity contribution is 5.53. The maximum absolute atomic E-state index is 9.06. The Labute approximate surface area is 109 Å². The molecule has 0 saturated heterocycles.